The van der Waals surface area contributed by atoms with Crippen LogP contribution in [0.15, 0.2) is 10.6 Å². The second kappa shape index (κ2) is 5.12. The number of likely N-dealkylation sites (N-methyl/N-ethyl adjacent to an activating group) is 1. The lowest BCUT2D eigenvalue weighted by Crippen LogP contribution is -2.28. The lowest BCUT2D eigenvalue weighted by Gasteiger charge is -2.13. The summed E-state index contributed by atoms with van der Waals surface area (Å²) in [6.45, 7) is 5.92. The predicted molar refractivity (Wildman–Crippen MR) is 56.2 cm³/mol. The van der Waals surface area contributed by atoms with Crippen molar-refractivity contribution < 1.29 is 4.42 Å². The van der Waals surface area contributed by atoms with Gasteiger partial charge in [0.25, 0.3) is 0 Å². The summed E-state index contributed by atoms with van der Waals surface area (Å²) in [6, 6.07) is 0.184. The summed E-state index contributed by atoms with van der Waals surface area (Å²) >= 11 is 0. The molecule has 0 fully saturated rings. The van der Waals surface area contributed by atoms with Crippen molar-refractivity contribution in [2.75, 3.05) is 27.2 Å². The summed E-state index contributed by atoms with van der Waals surface area (Å²) in [7, 11) is 4.11. The van der Waals surface area contributed by atoms with Gasteiger partial charge in [0.2, 0.25) is 5.89 Å². The van der Waals surface area contributed by atoms with Gasteiger partial charge in [-0.05, 0) is 27.9 Å². The van der Waals surface area contributed by atoms with Crippen LogP contribution < -0.4 is 5.32 Å². The highest BCUT2D eigenvalue weighted by molar-refractivity contribution is 4.94. The molecular weight excluding hydrogens is 178 g/mol. The molecule has 0 saturated carbocycles. The summed E-state index contributed by atoms with van der Waals surface area (Å²) in [6.07, 6.45) is 1.75. The van der Waals surface area contributed by atoms with Crippen LogP contribution in [0.4, 0.5) is 0 Å². The fourth-order valence-corrected chi connectivity index (χ4v) is 1.16. The highest BCUT2D eigenvalue weighted by atomic mass is 16.4. The van der Waals surface area contributed by atoms with Crippen molar-refractivity contribution in [1.29, 1.82) is 0 Å². The zero-order valence-electron chi connectivity index (χ0n) is 9.37. The van der Waals surface area contributed by atoms with Gasteiger partial charge in [0.1, 0.15) is 5.76 Å². The van der Waals surface area contributed by atoms with Gasteiger partial charge in [-0.15, -0.1) is 0 Å². The Kier molecular flexibility index (Phi) is 4.10. The van der Waals surface area contributed by atoms with E-state index < -0.39 is 0 Å². The summed E-state index contributed by atoms with van der Waals surface area (Å²) in [5.74, 6) is 1.63. The van der Waals surface area contributed by atoms with Crippen LogP contribution in [0.5, 0.6) is 0 Å². The molecule has 1 atom stereocenters. The van der Waals surface area contributed by atoms with E-state index in [0.717, 1.165) is 24.7 Å². The smallest absolute Gasteiger partial charge is 0.211 e. The van der Waals surface area contributed by atoms with E-state index in [9.17, 15) is 0 Å². The largest absolute Gasteiger partial charge is 0.444 e. The third kappa shape index (κ3) is 3.47. The first kappa shape index (κ1) is 11.2. The van der Waals surface area contributed by atoms with Crippen LogP contribution in [0.2, 0.25) is 0 Å². The Morgan fingerprint density at radius 2 is 2.29 bits per heavy atom. The first-order chi connectivity index (χ1) is 6.59. The quantitative estimate of drug-likeness (QED) is 0.770. The normalized spacial score (nSPS) is 13.5. The average molecular weight is 197 g/mol. The van der Waals surface area contributed by atoms with Crippen molar-refractivity contribution in [3.63, 3.8) is 0 Å². The molecule has 1 N–H and O–H groups in total. The Balaban J connectivity index is 2.32. The minimum Gasteiger partial charge on any atom is -0.444 e. The molecule has 0 radical (unpaired) electrons. The van der Waals surface area contributed by atoms with Crippen molar-refractivity contribution in [2.45, 2.75) is 19.9 Å². The second-order valence-electron chi connectivity index (χ2n) is 3.79. The van der Waals surface area contributed by atoms with Gasteiger partial charge in [0.15, 0.2) is 0 Å². The molecule has 80 valence electrons. The fourth-order valence-electron chi connectivity index (χ4n) is 1.16. The van der Waals surface area contributed by atoms with Crippen LogP contribution in [0.3, 0.4) is 0 Å². The van der Waals surface area contributed by atoms with E-state index in [2.05, 4.69) is 36.2 Å². The molecule has 0 aliphatic heterocycles. The van der Waals surface area contributed by atoms with Crippen molar-refractivity contribution in [1.82, 2.24) is 15.2 Å². The average Bonchev–Trinajstić information content (AvgIpc) is 2.51. The van der Waals surface area contributed by atoms with E-state index in [1.807, 2.05) is 6.92 Å². The first-order valence-corrected chi connectivity index (χ1v) is 4.90. The minimum absolute atomic E-state index is 0.184. The van der Waals surface area contributed by atoms with Crippen molar-refractivity contribution in [3.05, 3.63) is 17.8 Å². The maximum absolute atomic E-state index is 5.42. The Bertz CT molecular complexity index is 270. The SMILES string of the molecule is Cc1cnc(C(C)NCCN(C)C)o1. The molecule has 1 aromatic heterocycles. The Labute approximate surface area is 85.3 Å². The highest BCUT2D eigenvalue weighted by Crippen LogP contribution is 2.11. The Hall–Kier alpha value is -0.870. The van der Waals surface area contributed by atoms with Gasteiger partial charge in [0, 0.05) is 13.1 Å². The Morgan fingerprint density at radius 3 is 2.79 bits per heavy atom. The number of nitrogens with zero attached hydrogens (tertiary/aromatic N) is 2. The number of aromatic nitrogens is 1. The summed E-state index contributed by atoms with van der Waals surface area (Å²) in [5, 5.41) is 3.35. The number of hydrogen-bond acceptors (Lipinski definition) is 4. The van der Waals surface area contributed by atoms with Gasteiger partial charge in [-0.2, -0.15) is 0 Å². The van der Waals surface area contributed by atoms with E-state index in [1.54, 1.807) is 6.20 Å². The molecule has 1 unspecified atom stereocenters. The van der Waals surface area contributed by atoms with Crippen molar-refractivity contribution in [2.24, 2.45) is 0 Å². The molecule has 4 nitrogen and oxygen atoms in total. The molecular formula is C10H19N3O. The third-order valence-corrected chi connectivity index (χ3v) is 2.02. The second-order valence-corrected chi connectivity index (χ2v) is 3.79. The molecule has 0 saturated heterocycles. The summed E-state index contributed by atoms with van der Waals surface area (Å²) in [4.78, 5) is 6.31. The lowest BCUT2D eigenvalue weighted by molar-refractivity contribution is 0.361. The topological polar surface area (TPSA) is 41.3 Å². The molecule has 0 bridgehead atoms. The van der Waals surface area contributed by atoms with Crippen molar-refractivity contribution in [3.8, 4) is 0 Å². The van der Waals surface area contributed by atoms with Crippen molar-refractivity contribution >= 4 is 0 Å². The molecule has 0 spiro atoms. The lowest BCUT2D eigenvalue weighted by atomic mass is 10.3. The molecule has 1 rings (SSSR count). The van der Waals surface area contributed by atoms with E-state index >= 15 is 0 Å². The van der Waals surface area contributed by atoms with E-state index in [4.69, 9.17) is 4.42 Å². The molecule has 0 amide bonds. The predicted octanol–water partition coefficient (Wildman–Crippen LogP) is 1.20. The van der Waals surface area contributed by atoms with Gasteiger partial charge in [-0.25, -0.2) is 4.98 Å². The molecule has 0 aliphatic carbocycles. The molecule has 14 heavy (non-hydrogen) atoms. The zero-order valence-corrected chi connectivity index (χ0v) is 9.37. The monoisotopic (exact) mass is 197 g/mol. The third-order valence-electron chi connectivity index (χ3n) is 2.02. The molecule has 4 heteroatoms. The zero-order chi connectivity index (χ0) is 10.6. The summed E-state index contributed by atoms with van der Waals surface area (Å²) < 4.78 is 5.42. The van der Waals surface area contributed by atoms with E-state index in [-0.39, 0.29) is 6.04 Å². The Morgan fingerprint density at radius 1 is 1.57 bits per heavy atom. The number of aryl methyl sites for hydroxylation is 1. The van der Waals surface area contributed by atoms with Crippen LogP contribution in [0.25, 0.3) is 0 Å². The molecule has 0 aliphatic rings. The first-order valence-electron chi connectivity index (χ1n) is 4.90. The summed E-state index contributed by atoms with van der Waals surface area (Å²) in [5.41, 5.74) is 0. The van der Waals surface area contributed by atoms with Gasteiger partial charge in [-0.1, -0.05) is 0 Å². The van der Waals surface area contributed by atoms with Crippen LogP contribution in [0, 0.1) is 6.92 Å². The van der Waals surface area contributed by atoms with E-state index in [0.29, 0.717) is 0 Å². The fraction of sp³-hybridized carbons (Fsp3) is 0.700. The van der Waals surface area contributed by atoms with Gasteiger partial charge in [-0.3, -0.25) is 0 Å². The number of oxazole rings is 1. The van der Waals surface area contributed by atoms with E-state index in [1.165, 1.54) is 0 Å². The van der Waals surface area contributed by atoms with Crippen LogP contribution in [-0.4, -0.2) is 37.1 Å². The van der Waals surface area contributed by atoms with Crippen LogP contribution >= 0.6 is 0 Å². The van der Waals surface area contributed by atoms with Crippen LogP contribution in [0.1, 0.15) is 24.6 Å². The van der Waals surface area contributed by atoms with Crippen LogP contribution in [-0.2, 0) is 0 Å². The number of rotatable bonds is 5. The molecule has 1 heterocycles. The maximum Gasteiger partial charge on any atom is 0.211 e. The van der Waals surface area contributed by atoms with Gasteiger partial charge in [0.05, 0.1) is 12.2 Å². The standard InChI is InChI=1S/C10H19N3O/c1-8-7-12-10(14-8)9(2)11-5-6-13(3)4/h7,9,11H,5-6H2,1-4H3. The minimum atomic E-state index is 0.184. The highest BCUT2D eigenvalue weighted by Gasteiger charge is 2.09. The number of nitrogens with one attached hydrogen (secondary N) is 1. The van der Waals surface area contributed by atoms with Gasteiger partial charge >= 0.3 is 0 Å². The number of hydrogen-bond donors (Lipinski definition) is 1. The molecule has 0 aromatic carbocycles. The molecule has 1 aromatic rings. The maximum atomic E-state index is 5.42. The van der Waals surface area contributed by atoms with Gasteiger partial charge < -0.3 is 14.6 Å².